The van der Waals surface area contributed by atoms with E-state index in [1.807, 2.05) is 29.7 Å². The van der Waals surface area contributed by atoms with Crippen LogP contribution in [0.2, 0.25) is 0 Å². The molecule has 0 radical (unpaired) electrons. The normalized spacial score (nSPS) is 12.0. The summed E-state index contributed by atoms with van der Waals surface area (Å²) in [5, 5.41) is 0. The maximum atomic E-state index is 13.4. The van der Waals surface area contributed by atoms with Crippen LogP contribution >= 0.6 is 22.6 Å². The molecule has 2 aromatic heterocycles. The molecule has 3 rings (SSSR count). The van der Waals surface area contributed by atoms with Crippen molar-refractivity contribution in [2.45, 2.75) is 65.6 Å². The van der Waals surface area contributed by atoms with Gasteiger partial charge in [0.2, 0.25) is 0 Å². The number of rotatable bonds is 7. The standard InChI is InChI=1S/C22H29IN4O2/c1-5-13-26-19(28)17-18(25(21(26)29)14-9-12-23)24-20(22(2,3)4)27(17)15-16-10-7-6-8-11-16/h6-8,10-11H,5,9,12-15H2,1-4H3. The van der Waals surface area contributed by atoms with Crippen molar-refractivity contribution >= 4 is 33.8 Å². The third-order valence-electron chi connectivity index (χ3n) is 4.93. The molecule has 0 aliphatic carbocycles. The molecule has 0 amide bonds. The Morgan fingerprint density at radius 1 is 1.00 bits per heavy atom. The van der Waals surface area contributed by atoms with Gasteiger partial charge < -0.3 is 4.57 Å². The molecule has 6 nitrogen and oxygen atoms in total. The third-order valence-corrected chi connectivity index (χ3v) is 5.69. The number of hydrogen-bond acceptors (Lipinski definition) is 3. The minimum absolute atomic E-state index is 0.239. The van der Waals surface area contributed by atoms with E-state index < -0.39 is 0 Å². The second-order valence-electron chi connectivity index (χ2n) is 8.36. The zero-order valence-electron chi connectivity index (χ0n) is 17.6. The van der Waals surface area contributed by atoms with E-state index in [-0.39, 0.29) is 16.7 Å². The second kappa shape index (κ2) is 8.85. The molecule has 3 aromatic rings. The first-order valence-corrected chi connectivity index (χ1v) is 11.7. The molecule has 0 spiro atoms. The van der Waals surface area contributed by atoms with Crippen molar-refractivity contribution < 1.29 is 0 Å². The molecule has 0 N–H and O–H groups in total. The number of hydrogen-bond donors (Lipinski definition) is 0. The molecular formula is C22H29IN4O2. The highest BCUT2D eigenvalue weighted by atomic mass is 127. The van der Waals surface area contributed by atoms with Gasteiger partial charge in [0.05, 0.1) is 0 Å². The molecule has 156 valence electrons. The highest BCUT2D eigenvalue weighted by Gasteiger charge is 2.27. The Hall–Kier alpha value is -1.90. The Morgan fingerprint density at radius 3 is 2.28 bits per heavy atom. The van der Waals surface area contributed by atoms with Crippen LogP contribution in [0.15, 0.2) is 39.9 Å². The Kier molecular flexibility index (Phi) is 6.65. The van der Waals surface area contributed by atoms with Gasteiger partial charge in [0.15, 0.2) is 11.2 Å². The SMILES string of the molecule is CCCn1c(=O)c2c(nc(C(C)(C)C)n2Cc2ccccc2)n(CCCI)c1=O. The fraction of sp³-hybridized carbons (Fsp3) is 0.500. The summed E-state index contributed by atoms with van der Waals surface area (Å²) in [7, 11) is 0. The molecule has 29 heavy (non-hydrogen) atoms. The van der Waals surface area contributed by atoms with Crippen molar-refractivity contribution in [3.8, 4) is 0 Å². The molecule has 1 aromatic carbocycles. The van der Waals surface area contributed by atoms with Gasteiger partial charge in [-0.15, -0.1) is 0 Å². The Labute approximate surface area is 184 Å². The van der Waals surface area contributed by atoms with E-state index >= 15 is 0 Å². The van der Waals surface area contributed by atoms with Crippen molar-refractivity contribution in [1.82, 2.24) is 18.7 Å². The van der Waals surface area contributed by atoms with Gasteiger partial charge in [-0.05, 0) is 18.4 Å². The van der Waals surface area contributed by atoms with E-state index in [1.165, 1.54) is 4.57 Å². The van der Waals surface area contributed by atoms with Gasteiger partial charge in [-0.2, -0.15) is 0 Å². The van der Waals surface area contributed by atoms with Crippen molar-refractivity contribution in [2.24, 2.45) is 0 Å². The number of alkyl halides is 1. The molecule has 0 saturated heterocycles. The molecule has 0 bridgehead atoms. The van der Waals surface area contributed by atoms with E-state index in [9.17, 15) is 9.59 Å². The van der Waals surface area contributed by atoms with Crippen LogP contribution in [0.25, 0.3) is 11.2 Å². The molecule has 0 unspecified atom stereocenters. The van der Waals surface area contributed by atoms with E-state index in [4.69, 9.17) is 4.98 Å². The van der Waals surface area contributed by atoms with Gasteiger partial charge in [-0.1, -0.05) is 80.6 Å². The first kappa shape index (κ1) is 21.8. The first-order chi connectivity index (χ1) is 13.8. The summed E-state index contributed by atoms with van der Waals surface area (Å²) in [4.78, 5) is 31.4. The monoisotopic (exact) mass is 508 g/mol. The molecule has 0 atom stereocenters. The molecule has 7 heteroatoms. The molecule has 2 heterocycles. The lowest BCUT2D eigenvalue weighted by Crippen LogP contribution is -2.40. The Bertz CT molecular complexity index is 1100. The van der Waals surface area contributed by atoms with Gasteiger partial charge in [0.1, 0.15) is 5.82 Å². The maximum Gasteiger partial charge on any atom is 0.332 e. The minimum atomic E-state index is -0.264. The summed E-state index contributed by atoms with van der Waals surface area (Å²) < 4.78 is 6.03. The van der Waals surface area contributed by atoms with Gasteiger partial charge >= 0.3 is 5.69 Å². The van der Waals surface area contributed by atoms with Crippen molar-refractivity contribution in [1.29, 1.82) is 0 Å². The first-order valence-electron chi connectivity index (χ1n) is 10.1. The van der Waals surface area contributed by atoms with Gasteiger partial charge in [0.25, 0.3) is 5.56 Å². The van der Waals surface area contributed by atoms with E-state index in [0.29, 0.717) is 30.8 Å². The number of fused-ring (bicyclic) bond motifs is 1. The van der Waals surface area contributed by atoms with Crippen molar-refractivity contribution in [2.75, 3.05) is 4.43 Å². The lowest BCUT2D eigenvalue weighted by Gasteiger charge is -2.20. The highest BCUT2D eigenvalue weighted by molar-refractivity contribution is 14.1. The van der Waals surface area contributed by atoms with Crippen LogP contribution in [0.4, 0.5) is 0 Å². The maximum absolute atomic E-state index is 13.4. The molecule has 0 fully saturated rings. The van der Waals surface area contributed by atoms with Crippen LogP contribution in [-0.2, 0) is 25.0 Å². The predicted molar refractivity (Wildman–Crippen MR) is 126 cm³/mol. The van der Waals surface area contributed by atoms with Crippen LogP contribution in [0.1, 0.15) is 51.9 Å². The van der Waals surface area contributed by atoms with Crippen LogP contribution in [-0.4, -0.2) is 23.1 Å². The zero-order chi connectivity index (χ0) is 21.2. The number of nitrogens with zero attached hydrogens (tertiary/aromatic N) is 4. The van der Waals surface area contributed by atoms with Crippen molar-refractivity contribution in [3.05, 3.63) is 62.6 Å². The molecule has 0 aliphatic rings. The van der Waals surface area contributed by atoms with E-state index in [0.717, 1.165) is 28.7 Å². The van der Waals surface area contributed by atoms with Gasteiger partial charge in [0, 0.05) is 29.5 Å². The molecular weight excluding hydrogens is 479 g/mol. The lowest BCUT2D eigenvalue weighted by atomic mass is 9.95. The van der Waals surface area contributed by atoms with E-state index in [1.54, 1.807) is 4.57 Å². The number of aryl methyl sites for hydroxylation is 1. The number of benzene rings is 1. The third kappa shape index (κ3) is 4.34. The second-order valence-corrected chi connectivity index (χ2v) is 9.44. The van der Waals surface area contributed by atoms with Crippen LogP contribution < -0.4 is 11.2 Å². The number of aromatic nitrogens is 4. The van der Waals surface area contributed by atoms with E-state index in [2.05, 4.69) is 55.5 Å². The van der Waals surface area contributed by atoms with Crippen LogP contribution in [0.3, 0.4) is 0 Å². The van der Waals surface area contributed by atoms with Crippen LogP contribution in [0.5, 0.6) is 0 Å². The zero-order valence-corrected chi connectivity index (χ0v) is 19.8. The summed E-state index contributed by atoms with van der Waals surface area (Å²) in [5.41, 5.74) is 1.39. The summed E-state index contributed by atoms with van der Waals surface area (Å²) >= 11 is 2.31. The topological polar surface area (TPSA) is 61.8 Å². The smallest absolute Gasteiger partial charge is 0.317 e. The quantitative estimate of drug-likeness (QED) is 0.359. The average Bonchev–Trinajstić information content (AvgIpc) is 3.05. The molecule has 0 saturated carbocycles. The summed E-state index contributed by atoms with van der Waals surface area (Å²) in [6.45, 7) is 9.78. The van der Waals surface area contributed by atoms with Gasteiger partial charge in [-0.3, -0.25) is 13.9 Å². The summed E-state index contributed by atoms with van der Waals surface area (Å²) in [6.07, 6.45) is 1.59. The number of imidazole rings is 1. The lowest BCUT2D eigenvalue weighted by molar-refractivity contribution is 0.515. The fourth-order valence-electron chi connectivity index (χ4n) is 3.62. The van der Waals surface area contributed by atoms with Gasteiger partial charge in [-0.25, -0.2) is 9.78 Å². The minimum Gasteiger partial charge on any atom is -0.317 e. The van der Waals surface area contributed by atoms with Crippen LogP contribution in [0, 0.1) is 0 Å². The molecule has 0 aliphatic heterocycles. The largest absolute Gasteiger partial charge is 0.332 e. The summed E-state index contributed by atoms with van der Waals surface area (Å²) in [5.74, 6) is 0.824. The van der Waals surface area contributed by atoms with Crippen molar-refractivity contribution in [3.63, 3.8) is 0 Å². The number of halogens is 1. The Morgan fingerprint density at radius 2 is 1.69 bits per heavy atom. The average molecular weight is 508 g/mol. The summed E-state index contributed by atoms with van der Waals surface area (Å²) in [6, 6.07) is 10.1. The fourth-order valence-corrected chi connectivity index (χ4v) is 3.96. The highest BCUT2D eigenvalue weighted by Crippen LogP contribution is 2.26. The Balaban J connectivity index is 2.38. The predicted octanol–water partition coefficient (Wildman–Crippen LogP) is 3.94.